The lowest BCUT2D eigenvalue weighted by atomic mass is 10.1. The highest BCUT2D eigenvalue weighted by Gasteiger charge is 2.12. The van der Waals surface area contributed by atoms with Crippen LogP contribution in [0.15, 0.2) is 60.8 Å². The molecule has 4 nitrogen and oxygen atoms in total. The molecule has 2 heterocycles. The molecule has 0 bridgehead atoms. The van der Waals surface area contributed by atoms with Crippen molar-refractivity contribution >= 4 is 11.7 Å². The molecule has 3 aromatic rings. The van der Waals surface area contributed by atoms with Gasteiger partial charge in [0, 0.05) is 11.8 Å². The molecule has 1 aromatic carbocycles. The van der Waals surface area contributed by atoms with Crippen molar-refractivity contribution in [1.82, 2.24) is 9.97 Å². The van der Waals surface area contributed by atoms with E-state index >= 15 is 0 Å². The van der Waals surface area contributed by atoms with Crippen LogP contribution in [0.4, 0.5) is 10.2 Å². The van der Waals surface area contributed by atoms with Crippen molar-refractivity contribution in [3.63, 3.8) is 0 Å². The topological polar surface area (TPSA) is 54.9 Å². The summed E-state index contributed by atoms with van der Waals surface area (Å²) in [6, 6.07) is 15.5. The van der Waals surface area contributed by atoms with E-state index in [1.54, 1.807) is 24.3 Å². The molecule has 0 atom stereocenters. The van der Waals surface area contributed by atoms with E-state index in [0.717, 1.165) is 11.1 Å². The fourth-order valence-corrected chi connectivity index (χ4v) is 2.08. The van der Waals surface area contributed by atoms with Crippen molar-refractivity contribution in [3.8, 4) is 11.3 Å². The summed E-state index contributed by atoms with van der Waals surface area (Å²) in [4.78, 5) is 20.2. The zero-order valence-corrected chi connectivity index (χ0v) is 12.5. The van der Waals surface area contributed by atoms with Gasteiger partial charge in [-0.15, -0.1) is 0 Å². The number of nitrogens with zero attached hydrogens (tertiary/aromatic N) is 2. The van der Waals surface area contributed by atoms with Crippen molar-refractivity contribution in [1.29, 1.82) is 0 Å². The molecule has 0 unspecified atom stereocenters. The summed E-state index contributed by atoms with van der Waals surface area (Å²) in [5.74, 6) is -1.21. The highest BCUT2D eigenvalue weighted by atomic mass is 19.1. The van der Waals surface area contributed by atoms with Gasteiger partial charge in [-0.1, -0.05) is 35.9 Å². The van der Waals surface area contributed by atoms with Gasteiger partial charge in [-0.05, 0) is 31.2 Å². The van der Waals surface area contributed by atoms with E-state index < -0.39 is 11.7 Å². The third-order valence-corrected chi connectivity index (χ3v) is 3.32. The Morgan fingerprint density at radius 1 is 1.04 bits per heavy atom. The fraction of sp³-hybridized carbons (Fsp3) is 0.0556. The van der Waals surface area contributed by atoms with Crippen LogP contribution in [0, 0.1) is 12.7 Å². The van der Waals surface area contributed by atoms with Crippen molar-refractivity contribution in [2.45, 2.75) is 6.92 Å². The quantitative estimate of drug-likeness (QED) is 0.799. The maximum absolute atomic E-state index is 13.9. The Morgan fingerprint density at radius 2 is 1.83 bits per heavy atom. The third-order valence-electron chi connectivity index (χ3n) is 3.32. The van der Waals surface area contributed by atoms with Gasteiger partial charge in [0.2, 0.25) is 0 Å². The number of nitrogens with one attached hydrogen (secondary N) is 1. The molecule has 0 aliphatic heterocycles. The molecule has 0 spiro atoms. The zero-order chi connectivity index (χ0) is 16.2. The largest absolute Gasteiger partial charge is 0.303 e. The van der Waals surface area contributed by atoms with E-state index in [0.29, 0.717) is 5.69 Å². The second kappa shape index (κ2) is 6.36. The van der Waals surface area contributed by atoms with Crippen LogP contribution >= 0.6 is 0 Å². The average Bonchev–Trinajstić information content (AvgIpc) is 2.58. The summed E-state index contributed by atoms with van der Waals surface area (Å²) in [5.41, 5.74) is 2.76. The molecule has 0 saturated heterocycles. The lowest BCUT2D eigenvalue weighted by Gasteiger charge is -2.08. The summed E-state index contributed by atoms with van der Waals surface area (Å²) in [5, 5.41) is 2.46. The highest BCUT2D eigenvalue weighted by Crippen LogP contribution is 2.21. The van der Waals surface area contributed by atoms with E-state index in [2.05, 4.69) is 15.3 Å². The van der Waals surface area contributed by atoms with Crippen LogP contribution in [-0.2, 0) is 0 Å². The number of hydrogen-bond donors (Lipinski definition) is 1. The van der Waals surface area contributed by atoms with E-state index in [4.69, 9.17) is 0 Å². The van der Waals surface area contributed by atoms with Crippen LogP contribution in [0.5, 0.6) is 0 Å². The smallest absolute Gasteiger partial charge is 0.275 e. The van der Waals surface area contributed by atoms with Gasteiger partial charge in [0.15, 0.2) is 11.6 Å². The maximum Gasteiger partial charge on any atom is 0.275 e. The van der Waals surface area contributed by atoms with E-state index in [1.165, 1.54) is 12.3 Å². The molecule has 2 aromatic heterocycles. The van der Waals surface area contributed by atoms with Gasteiger partial charge in [-0.25, -0.2) is 9.37 Å². The number of carbonyl (C=O) groups is 1. The van der Waals surface area contributed by atoms with Crippen molar-refractivity contribution in [2.24, 2.45) is 0 Å². The molecule has 0 saturated carbocycles. The summed E-state index contributed by atoms with van der Waals surface area (Å²) in [6.45, 7) is 1.99. The standard InChI is InChI=1S/C18H14FN3O/c1-12-5-7-13(8-6-12)15-10-9-14(19)17(21-15)22-18(23)16-4-2-3-11-20-16/h2-11H,1H3,(H,21,22,23). The van der Waals surface area contributed by atoms with Gasteiger partial charge in [0.1, 0.15) is 5.69 Å². The number of hydrogen-bond acceptors (Lipinski definition) is 3. The molecule has 1 N–H and O–H groups in total. The Hall–Kier alpha value is -3.08. The molecule has 114 valence electrons. The number of aromatic nitrogens is 2. The number of anilines is 1. The Morgan fingerprint density at radius 3 is 2.52 bits per heavy atom. The van der Waals surface area contributed by atoms with E-state index in [1.807, 2.05) is 31.2 Å². The fourth-order valence-electron chi connectivity index (χ4n) is 2.08. The first kappa shape index (κ1) is 14.8. The average molecular weight is 307 g/mol. The Labute approximate surface area is 133 Å². The minimum Gasteiger partial charge on any atom is -0.303 e. The van der Waals surface area contributed by atoms with Gasteiger partial charge < -0.3 is 5.32 Å². The summed E-state index contributed by atoms with van der Waals surface area (Å²) < 4.78 is 13.9. The van der Waals surface area contributed by atoms with Gasteiger partial charge in [-0.2, -0.15) is 0 Å². The first-order chi connectivity index (χ1) is 11.1. The Kier molecular flexibility index (Phi) is 4.10. The molecule has 0 fully saturated rings. The lowest BCUT2D eigenvalue weighted by Crippen LogP contribution is -2.15. The second-order valence-electron chi connectivity index (χ2n) is 5.06. The van der Waals surface area contributed by atoms with Crippen LogP contribution in [0.25, 0.3) is 11.3 Å². The first-order valence-electron chi connectivity index (χ1n) is 7.09. The van der Waals surface area contributed by atoms with E-state index in [9.17, 15) is 9.18 Å². The van der Waals surface area contributed by atoms with Crippen LogP contribution < -0.4 is 5.32 Å². The predicted octanol–water partition coefficient (Wildman–Crippen LogP) is 3.84. The van der Waals surface area contributed by atoms with Crippen molar-refractivity contribution < 1.29 is 9.18 Å². The number of halogens is 1. The SMILES string of the molecule is Cc1ccc(-c2ccc(F)c(NC(=O)c3ccccn3)n2)cc1. The number of aryl methyl sites for hydroxylation is 1. The molecule has 0 aliphatic carbocycles. The van der Waals surface area contributed by atoms with Gasteiger partial charge in [0.25, 0.3) is 5.91 Å². The molecular weight excluding hydrogens is 293 g/mol. The van der Waals surface area contributed by atoms with Crippen LogP contribution in [-0.4, -0.2) is 15.9 Å². The first-order valence-corrected chi connectivity index (χ1v) is 7.09. The monoisotopic (exact) mass is 307 g/mol. The number of rotatable bonds is 3. The summed E-state index contributed by atoms with van der Waals surface area (Å²) >= 11 is 0. The minimum atomic E-state index is -0.592. The Balaban J connectivity index is 1.89. The number of pyridine rings is 2. The molecule has 3 rings (SSSR count). The summed E-state index contributed by atoms with van der Waals surface area (Å²) in [7, 11) is 0. The maximum atomic E-state index is 13.9. The van der Waals surface area contributed by atoms with E-state index in [-0.39, 0.29) is 11.5 Å². The van der Waals surface area contributed by atoms with Crippen LogP contribution in [0.3, 0.4) is 0 Å². The molecule has 23 heavy (non-hydrogen) atoms. The molecule has 5 heteroatoms. The highest BCUT2D eigenvalue weighted by molar-refractivity contribution is 6.02. The predicted molar refractivity (Wildman–Crippen MR) is 86.6 cm³/mol. The third kappa shape index (κ3) is 3.40. The number of carbonyl (C=O) groups excluding carboxylic acids is 1. The molecule has 1 amide bonds. The molecule has 0 aliphatic rings. The van der Waals surface area contributed by atoms with Crippen LogP contribution in [0.1, 0.15) is 16.1 Å². The van der Waals surface area contributed by atoms with Gasteiger partial charge in [-0.3, -0.25) is 9.78 Å². The van der Waals surface area contributed by atoms with Crippen molar-refractivity contribution in [2.75, 3.05) is 5.32 Å². The van der Waals surface area contributed by atoms with Gasteiger partial charge >= 0.3 is 0 Å². The number of benzene rings is 1. The number of amides is 1. The normalized spacial score (nSPS) is 10.3. The minimum absolute atomic E-state index is 0.112. The lowest BCUT2D eigenvalue weighted by molar-refractivity contribution is 0.102. The Bertz CT molecular complexity index is 833. The van der Waals surface area contributed by atoms with Crippen LogP contribution in [0.2, 0.25) is 0 Å². The molecular formula is C18H14FN3O. The van der Waals surface area contributed by atoms with Gasteiger partial charge in [0.05, 0.1) is 5.69 Å². The molecule has 0 radical (unpaired) electrons. The zero-order valence-electron chi connectivity index (χ0n) is 12.5. The second-order valence-corrected chi connectivity index (χ2v) is 5.06. The summed E-state index contributed by atoms with van der Waals surface area (Å²) in [6.07, 6.45) is 1.50. The van der Waals surface area contributed by atoms with Crippen molar-refractivity contribution in [3.05, 3.63) is 77.9 Å².